The SMILES string of the molecule is Nc1ccccc1NC(=O)C1=CCC(CNc2ccc3c(c2)OCCO3)C=C1. The molecule has 6 heteroatoms. The molecule has 2 aromatic rings. The van der Waals surface area contributed by atoms with E-state index in [0.717, 1.165) is 30.2 Å². The summed E-state index contributed by atoms with van der Waals surface area (Å²) in [5.41, 5.74) is 8.71. The fourth-order valence-electron chi connectivity index (χ4n) is 3.19. The van der Waals surface area contributed by atoms with Gasteiger partial charge < -0.3 is 25.8 Å². The number of nitrogen functional groups attached to an aromatic ring is 1. The Morgan fingerprint density at radius 3 is 2.71 bits per heavy atom. The summed E-state index contributed by atoms with van der Waals surface area (Å²) in [7, 11) is 0. The van der Waals surface area contributed by atoms with E-state index in [9.17, 15) is 4.79 Å². The summed E-state index contributed by atoms with van der Waals surface area (Å²) in [6, 6.07) is 13.1. The van der Waals surface area contributed by atoms with E-state index in [1.165, 1.54) is 0 Å². The molecular weight excluding hydrogens is 354 g/mol. The standard InChI is InChI=1S/C22H23N3O3/c23-18-3-1-2-4-19(18)25-22(26)16-7-5-15(6-8-16)14-24-17-9-10-20-21(13-17)28-12-11-27-20/h1-5,7-10,13,15,24H,6,11-12,14,23H2,(H,25,26). The summed E-state index contributed by atoms with van der Waals surface area (Å²) >= 11 is 0. The Labute approximate surface area is 164 Å². The first-order chi connectivity index (χ1) is 13.7. The van der Waals surface area contributed by atoms with E-state index in [1.54, 1.807) is 12.1 Å². The fraction of sp³-hybridized carbons (Fsp3) is 0.227. The van der Waals surface area contributed by atoms with Gasteiger partial charge in [0.25, 0.3) is 5.91 Å². The van der Waals surface area contributed by atoms with E-state index in [0.29, 0.717) is 36.1 Å². The molecule has 4 N–H and O–H groups in total. The maximum absolute atomic E-state index is 12.4. The van der Waals surface area contributed by atoms with Gasteiger partial charge in [0.1, 0.15) is 13.2 Å². The maximum atomic E-state index is 12.4. The van der Waals surface area contributed by atoms with Crippen LogP contribution >= 0.6 is 0 Å². The van der Waals surface area contributed by atoms with Crippen molar-refractivity contribution in [2.45, 2.75) is 6.42 Å². The molecular formula is C22H23N3O3. The Kier molecular flexibility index (Phi) is 5.19. The molecule has 2 aliphatic rings. The summed E-state index contributed by atoms with van der Waals surface area (Å²) in [5.74, 6) is 1.72. The number of hydrogen-bond donors (Lipinski definition) is 3. The Balaban J connectivity index is 1.30. The Morgan fingerprint density at radius 2 is 1.93 bits per heavy atom. The van der Waals surface area contributed by atoms with E-state index < -0.39 is 0 Å². The van der Waals surface area contributed by atoms with Gasteiger partial charge in [0.15, 0.2) is 11.5 Å². The van der Waals surface area contributed by atoms with Gasteiger partial charge in [0, 0.05) is 23.9 Å². The van der Waals surface area contributed by atoms with Crippen molar-refractivity contribution in [3.8, 4) is 11.5 Å². The molecule has 1 heterocycles. The lowest BCUT2D eigenvalue weighted by Crippen LogP contribution is -2.19. The highest BCUT2D eigenvalue weighted by Gasteiger charge is 2.16. The van der Waals surface area contributed by atoms with E-state index in [1.807, 2.05) is 42.5 Å². The number of anilines is 3. The van der Waals surface area contributed by atoms with E-state index in [-0.39, 0.29) is 5.91 Å². The van der Waals surface area contributed by atoms with Crippen LogP contribution in [0.5, 0.6) is 11.5 Å². The van der Waals surface area contributed by atoms with Gasteiger partial charge >= 0.3 is 0 Å². The highest BCUT2D eigenvalue weighted by Crippen LogP contribution is 2.32. The highest BCUT2D eigenvalue weighted by atomic mass is 16.6. The van der Waals surface area contributed by atoms with Crippen LogP contribution in [0.3, 0.4) is 0 Å². The number of benzene rings is 2. The Hall–Kier alpha value is -3.41. The largest absolute Gasteiger partial charge is 0.486 e. The van der Waals surface area contributed by atoms with Crippen molar-refractivity contribution in [3.63, 3.8) is 0 Å². The number of allylic oxidation sites excluding steroid dienone is 1. The molecule has 0 fully saturated rings. The minimum atomic E-state index is -0.146. The molecule has 0 saturated heterocycles. The van der Waals surface area contributed by atoms with Gasteiger partial charge in [-0.15, -0.1) is 0 Å². The molecule has 1 unspecified atom stereocenters. The van der Waals surface area contributed by atoms with Crippen molar-refractivity contribution in [3.05, 3.63) is 66.3 Å². The first-order valence-electron chi connectivity index (χ1n) is 9.37. The number of ether oxygens (including phenoxy) is 2. The average molecular weight is 377 g/mol. The van der Waals surface area contributed by atoms with E-state index in [4.69, 9.17) is 15.2 Å². The van der Waals surface area contributed by atoms with Gasteiger partial charge in [-0.05, 0) is 36.6 Å². The van der Waals surface area contributed by atoms with Gasteiger partial charge in [-0.25, -0.2) is 0 Å². The normalized spacial score (nSPS) is 17.6. The number of fused-ring (bicyclic) bond motifs is 1. The molecule has 144 valence electrons. The maximum Gasteiger partial charge on any atom is 0.255 e. The van der Waals surface area contributed by atoms with Crippen LogP contribution in [0.2, 0.25) is 0 Å². The molecule has 0 spiro atoms. The average Bonchev–Trinajstić information content (AvgIpc) is 2.74. The predicted octanol–water partition coefficient (Wildman–Crippen LogP) is 3.59. The van der Waals surface area contributed by atoms with Crippen LogP contribution in [0, 0.1) is 5.92 Å². The second kappa shape index (κ2) is 8.08. The van der Waals surface area contributed by atoms with Crippen LogP contribution in [0.1, 0.15) is 6.42 Å². The molecule has 2 aromatic carbocycles. The summed E-state index contributed by atoms with van der Waals surface area (Å²) in [5, 5.41) is 6.28. The molecule has 0 radical (unpaired) electrons. The topological polar surface area (TPSA) is 85.6 Å². The second-order valence-electron chi connectivity index (χ2n) is 6.80. The van der Waals surface area contributed by atoms with Gasteiger partial charge in [0.05, 0.1) is 11.4 Å². The van der Waals surface area contributed by atoms with Crippen LogP contribution in [0.15, 0.2) is 66.3 Å². The van der Waals surface area contributed by atoms with Crippen molar-refractivity contribution in [2.75, 3.05) is 36.1 Å². The lowest BCUT2D eigenvalue weighted by Gasteiger charge is -2.20. The number of para-hydroxylation sites is 2. The van der Waals surface area contributed by atoms with E-state index >= 15 is 0 Å². The Bertz CT molecular complexity index is 936. The number of hydrogen-bond acceptors (Lipinski definition) is 5. The van der Waals surface area contributed by atoms with E-state index in [2.05, 4.69) is 16.7 Å². The van der Waals surface area contributed by atoms with Gasteiger partial charge in [0.2, 0.25) is 0 Å². The van der Waals surface area contributed by atoms with Crippen molar-refractivity contribution >= 4 is 23.0 Å². The number of rotatable bonds is 5. The third kappa shape index (κ3) is 4.11. The lowest BCUT2D eigenvalue weighted by atomic mass is 9.96. The summed E-state index contributed by atoms with van der Waals surface area (Å²) in [6.45, 7) is 1.94. The first-order valence-corrected chi connectivity index (χ1v) is 9.37. The zero-order chi connectivity index (χ0) is 19.3. The van der Waals surface area contributed by atoms with Crippen molar-refractivity contribution in [2.24, 2.45) is 5.92 Å². The minimum Gasteiger partial charge on any atom is -0.486 e. The molecule has 1 amide bonds. The van der Waals surface area contributed by atoms with Crippen molar-refractivity contribution < 1.29 is 14.3 Å². The zero-order valence-corrected chi connectivity index (χ0v) is 15.5. The number of amides is 1. The third-order valence-electron chi connectivity index (χ3n) is 4.77. The van der Waals surface area contributed by atoms with Crippen LogP contribution < -0.4 is 25.8 Å². The molecule has 0 aromatic heterocycles. The van der Waals surface area contributed by atoms with Crippen LogP contribution in [-0.2, 0) is 4.79 Å². The number of nitrogens with two attached hydrogens (primary N) is 1. The van der Waals surface area contributed by atoms with Crippen LogP contribution in [0.4, 0.5) is 17.1 Å². The molecule has 6 nitrogen and oxygen atoms in total. The monoisotopic (exact) mass is 377 g/mol. The molecule has 1 atom stereocenters. The quantitative estimate of drug-likeness (QED) is 0.694. The van der Waals surface area contributed by atoms with Crippen molar-refractivity contribution in [1.82, 2.24) is 0 Å². The molecule has 0 saturated carbocycles. The zero-order valence-electron chi connectivity index (χ0n) is 15.5. The molecule has 1 aliphatic heterocycles. The third-order valence-corrected chi connectivity index (χ3v) is 4.77. The number of carbonyl (C=O) groups is 1. The van der Waals surface area contributed by atoms with Crippen molar-refractivity contribution in [1.29, 1.82) is 0 Å². The molecule has 0 bridgehead atoms. The second-order valence-corrected chi connectivity index (χ2v) is 6.80. The number of nitrogens with one attached hydrogen (secondary N) is 2. The smallest absolute Gasteiger partial charge is 0.255 e. The minimum absolute atomic E-state index is 0.146. The van der Waals surface area contributed by atoms with Gasteiger partial charge in [-0.2, -0.15) is 0 Å². The molecule has 4 rings (SSSR count). The highest BCUT2D eigenvalue weighted by molar-refractivity contribution is 6.07. The van der Waals surface area contributed by atoms with Gasteiger partial charge in [-0.3, -0.25) is 4.79 Å². The Morgan fingerprint density at radius 1 is 1.11 bits per heavy atom. The van der Waals surface area contributed by atoms with Gasteiger partial charge in [-0.1, -0.05) is 30.4 Å². The lowest BCUT2D eigenvalue weighted by molar-refractivity contribution is -0.112. The van der Waals surface area contributed by atoms with Crippen LogP contribution in [-0.4, -0.2) is 25.7 Å². The predicted molar refractivity (Wildman–Crippen MR) is 111 cm³/mol. The molecule has 28 heavy (non-hydrogen) atoms. The number of carbonyl (C=O) groups excluding carboxylic acids is 1. The fourth-order valence-corrected chi connectivity index (χ4v) is 3.19. The first kappa shape index (κ1) is 18.0. The van der Waals surface area contributed by atoms with Crippen LogP contribution in [0.25, 0.3) is 0 Å². The summed E-state index contributed by atoms with van der Waals surface area (Å²) in [6.07, 6.45) is 6.69. The molecule has 1 aliphatic carbocycles. The summed E-state index contributed by atoms with van der Waals surface area (Å²) in [4.78, 5) is 12.4. The summed E-state index contributed by atoms with van der Waals surface area (Å²) < 4.78 is 11.2.